The van der Waals surface area contributed by atoms with Crippen LogP contribution in [0.25, 0.3) is 11.1 Å². The van der Waals surface area contributed by atoms with Gasteiger partial charge in [-0.05, 0) is 23.8 Å². The first-order valence-corrected chi connectivity index (χ1v) is 5.03. The number of para-hydroxylation sites is 1. The Balaban J connectivity index is 2.43. The molecule has 0 aliphatic heterocycles. The van der Waals surface area contributed by atoms with Crippen molar-refractivity contribution < 1.29 is 4.92 Å². The number of nitrogens with two attached hydrogens (primary N) is 1. The van der Waals surface area contributed by atoms with Crippen molar-refractivity contribution in [2.75, 3.05) is 5.43 Å². The maximum Gasteiger partial charge on any atom is 0.269 e. The van der Waals surface area contributed by atoms with Crippen LogP contribution in [0.1, 0.15) is 0 Å². The number of nitrogens with zero attached hydrogens (tertiary/aromatic N) is 1. The van der Waals surface area contributed by atoms with Crippen molar-refractivity contribution in [3.05, 3.63) is 58.6 Å². The summed E-state index contributed by atoms with van der Waals surface area (Å²) in [6.45, 7) is 0. The van der Waals surface area contributed by atoms with Gasteiger partial charge in [0, 0.05) is 17.7 Å². The minimum Gasteiger partial charge on any atom is -0.324 e. The molecule has 0 unspecified atom stereocenters. The van der Waals surface area contributed by atoms with E-state index in [4.69, 9.17) is 5.84 Å². The molecular formula is C12H11N3O2. The molecule has 0 amide bonds. The molecule has 2 aromatic rings. The molecule has 0 aliphatic rings. The zero-order valence-electron chi connectivity index (χ0n) is 8.96. The molecule has 0 spiro atoms. The molecule has 5 heteroatoms. The molecule has 0 radical (unpaired) electrons. The lowest BCUT2D eigenvalue weighted by Gasteiger charge is -2.08. The summed E-state index contributed by atoms with van der Waals surface area (Å²) in [7, 11) is 0. The fourth-order valence-electron chi connectivity index (χ4n) is 1.62. The number of nitrogen functional groups attached to an aromatic ring is 1. The first kappa shape index (κ1) is 11.1. The van der Waals surface area contributed by atoms with Crippen molar-refractivity contribution in [2.45, 2.75) is 0 Å². The minimum absolute atomic E-state index is 0.0759. The quantitative estimate of drug-likeness (QED) is 0.481. The number of hydrogen-bond acceptors (Lipinski definition) is 4. The topological polar surface area (TPSA) is 81.2 Å². The Morgan fingerprint density at radius 2 is 1.71 bits per heavy atom. The third-order valence-corrected chi connectivity index (χ3v) is 2.47. The van der Waals surface area contributed by atoms with Gasteiger partial charge in [0.1, 0.15) is 0 Å². The Labute approximate surface area is 98.0 Å². The van der Waals surface area contributed by atoms with Crippen LogP contribution in [0.5, 0.6) is 0 Å². The first-order chi connectivity index (χ1) is 8.22. The molecule has 2 rings (SSSR count). The third-order valence-electron chi connectivity index (χ3n) is 2.47. The maximum atomic E-state index is 10.5. The van der Waals surface area contributed by atoms with E-state index in [1.54, 1.807) is 12.1 Å². The first-order valence-electron chi connectivity index (χ1n) is 5.03. The number of rotatable bonds is 3. The lowest BCUT2D eigenvalue weighted by Crippen LogP contribution is -2.07. The van der Waals surface area contributed by atoms with Gasteiger partial charge in [0.05, 0.1) is 10.6 Å². The van der Waals surface area contributed by atoms with Gasteiger partial charge in [0.15, 0.2) is 0 Å². The number of nitrogens with one attached hydrogen (secondary N) is 1. The normalized spacial score (nSPS) is 9.94. The Bertz CT molecular complexity index is 538. The fraction of sp³-hybridized carbons (Fsp3) is 0. The minimum atomic E-state index is -0.420. The van der Waals surface area contributed by atoms with Gasteiger partial charge in [-0.15, -0.1) is 0 Å². The van der Waals surface area contributed by atoms with Crippen molar-refractivity contribution >= 4 is 11.4 Å². The van der Waals surface area contributed by atoms with Crippen LogP contribution in [0.15, 0.2) is 48.5 Å². The average Bonchev–Trinajstić information content (AvgIpc) is 2.39. The smallest absolute Gasteiger partial charge is 0.269 e. The molecule has 0 heterocycles. The van der Waals surface area contributed by atoms with Crippen LogP contribution < -0.4 is 11.3 Å². The van der Waals surface area contributed by atoms with Crippen LogP contribution >= 0.6 is 0 Å². The molecule has 0 saturated carbocycles. The lowest BCUT2D eigenvalue weighted by molar-refractivity contribution is -0.384. The van der Waals surface area contributed by atoms with Crippen LogP contribution in [-0.2, 0) is 0 Å². The summed E-state index contributed by atoms with van der Waals surface area (Å²) in [5, 5.41) is 10.5. The molecule has 17 heavy (non-hydrogen) atoms. The predicted octanol–water partition coefficient (Wildman–Crippen LogP) is 2.55. The average molecular weight is 229 g/mol. The van der Waals surface area contributed by atoms with Crippen molar-refractivity contribution in [1.82, 2.24) is 0 Å². The van der Waals surface area contributed by atoms with E-state index in [2.05, 4.69) is 5.43 Å². The number of hydrazine groups is 1. The summed E-state index contributed by atoms with van der Waals surface area (Å²) in [5.74, 6) is 5.41. The van der Waals surface area contributed by atoms with Crippen molar-refractivity contribution in [2.24, 2.45) is 5.84 Å². The van der Waals surface area contributed by atoms with Gasteiger partial charge in [-0.3, -0.25) is 16.0 Å². The second kappa shape index (κ2) is 4.63. The van der Waals surface area contributed by atoms with Crippen LogP contribution in [0.2, 0.25) is 0 Å². The Kier molecular flexibility index (Phi) is 3.02. The lowest BCUT2D eigenvalue weighted by atomic mass is 10.0. The predicted molar refractivity (Wildman–Crippen MR) is 66.3 cm³/mol. The van der Waals surface area contributed by atoms with E-state index >= 15 is 0 Å². The number of benzene rings is 2. The van der Waals surface area contributed by atoms with Crippen molar-refractivity contribution in [3.8, 4) is 11.1 Å². The highest BCUT2D eigenvalue weighted by atomic mass is 16.6. The number of non-ortho nitro benzene ring substituents is 1. The summed E-state index contributed by atoms with van der Waals surface area (Å²) in [4.78, 5) is 10.1. The van der Waals surface area contributed by atoms with E-state index < -0.39 is 4.92 Å². The SMILES string of the molecule is NNc1ccccc1-c1ccc([N+](=O)[O-])cc1. The molecule has 3 N–H and O–H groups in total. The molecule has 5 nitrogen and oxygen atoms in total. The molecule has 86 valence electrons. The second-order valence-electron chi connectivity index (χ2n) is 3.49. The summed E-state index contributed by atoms with van der Waals surface area (Å²) in [6, 6.07) is 13.8. The Hall–Kier alpha value is -2.40. The zero-order chi connectivity index (χ0) is 12.3. The van der Waals surface area contributed by atoms with Gasteiger partial charge in [-0.2, -0.15) is 0 Å². The molecule has 0 saturated heterocycles. The molecule has 2 aromatic carbocycles. The van der Waals surface area contributed by atoms with Gasteiger partial charge in [-0.1, -0.05) is 18.2 Å². The zero-order valence-corrected chi connectivity index (χ0v) is 8.96. The highest BCUT2D eigenvalue weighted by Crippen LogP contribution is 2.28. The van der Waals surface area contributed by atoms with Crippen LogP contribution in [0.4, 0.5) is 11.4 Å². The third kappa shape index (κ3) is 2.24. The van der Waals surface area contributed by atoms with E-state index in [1.165, 1.54) is 12.1 Å². The number of nitro groups is 1. The Morgan fingerprint density at radius 3 is 2.29 bits per heavy atom. The van der Waals surface area contributed by atoms with E-state index in [9.17, 15) is 10.1 Å². The highest BCUT2D eigenvalue weighted by molar-refractivity contribution is 5.77. The molecule has 0 bridgehead atoms. The molecule has 0 aromatic heterocycles. The summed E-state index contributed by atoms with van der Waals surface area (Å²) in [6.07, 6.45) is 0. The van der Waals surface area contributed by atoms with Crippen molar-refractivity contribution in [1.29, 1.82) is 0 Å². The molecule has 0 atom stereocenters. The summed E-state index contributed by atoms with van der Waals surface area (Å²) in [5.41, 5.74) is 5.24. The Morgan fingerprint density at radius 1 is 1.06 bits per heavy atom. The maximum absolute atomic E-state index is 10.5. The summed E-state index contributed by atoms with van der Waals surface area (Å²) < 4.78 is 0. The standard InChI is InChI=1S/C12H11N3O2/c13-14-12-4-2-1-3-11(12)9-5-7-10(8-6-9)15(16)17/h1-8,14H,13H2. The van der Waals surface area contributed by atoms with Crippen LogP contribution in [0, 0.1) is 10.1 Å². The van der Waals surface area contributed by atoms with Crippen LogP contribution in [0.3, 0.4) is 0 Å². The number of hydrogen-bond donors (Lipinski definition) is 2. The van der Waals surface area contributed by atoms with Crippen LogP contribution in [-0.4, -0.2) is 4.92 Å². The van der Waals surface area contributed by atoms with Gasteiger partial charge < -0.3 is 5.43 Å². The molecule has 0 fully saturated rings. The van der Waals surface area contributed by atoms with Gasteiger partial charge in [0.25, 0.3) is 5.69 Å². The molecule has 0 aliphatic carbocycles. The summed E-state index contributed by atoms with van der Waals surface area (Å²) >= 11 is 0. The highest BCUT2D eigenvalue weighted by Gasteiger charge is 2.07. The number of nitro benzene ring substituents is 1. The van der Waals surface area contributed by atoms with E-state index in [0.717, 1.165) is 16.8 Å². The van der Waals surface area contributed by atoms with Gasteiger partial charge in [0.2, 0.25) is 0 Å². The van der Waals surface area contributed by atoms with E-state index in [1.807, 2.05) is 24.3 Å². The number of anilines is 1. The largest absolute Gasteiger partial charge is 0.324 e. The second-order valence-corrected chi connectivity index (χ2v) is 3.49. The van der Waals surface area contributed by atoms with Gasteiger partial charge >= 0.3 is 0 Å². The molecular weight excluding hydrogens is 218 g/mol. The van der Waals surface area contributed by atoms with Gasteiger partial charge in [-0.25, -0.2) is 0 Å². The van der Waals surface area contributed by atoms with E-state index in [0.29, 0.717) is 0 Å². The van der Waals surface area contributed by atoms with E-state index in [-0.39, 0.29) is 5.69 Å². The van der Waals surface area contributed by atoms with Crippen molar-refractivity contribution in [3.63, 3.8) is 0 Å². The monoisotopic (exact) mass is 229 g/mol. The fourth-order valence-corrected chi connectivity index (χ4v) is 1.62.